The van der Waals surface area contributed by atoms with Gasteiger partial charge in [-0.25, -0.2) is 4.98 Å². The van der Waals surface area contributed by atoms with E-state index in [0.29, 0.717) is 19.0 Å². The number of aromatic nitrogens is 3. The second-order valence-electron chi connectivity index (χ2n) is 4.17. The Kier molecular flexibility index (Phi) is 5.09. The van der Waals surface area contributed by atoms with Gasteiger partial charge in [-0.2, -0.15) is 0 Å². The maximum atomic E-state index is 11.7. The standard InChI is InChI=1S/C11H20N4O2/c1-5-17-8(4)6-12-11(16)10-13-9(7(2)3)14-15-10/h7-8H,5-6H2,1-4H3,(H,12,16)(H,13,14,15). The Balaban J connectivity index is 2.46. The number of hydrogen-bond acceptors (Lipinski definition) is 4. The first-order valence-electron chi connectivity index (χ1n) is 5.86. The van der Waals surface area contributed by atoms with Gasteiger partial charge < -0.3 is 10.1 Å². The fourth-order valence-electron chi connectivity index (χ4n) is 1.29. The van der Waals surface area contributed by atoms with E-state index >= 15 is 0 Å². The summed E-state index contributed by atoms with van der Waals surface area (Å²) in [5.41, 5.74) is 0. The van der Waals surface area contributed by atoms with Gasteiger partial charge in [-0.3, -0.25) is 9.89 Å². The van der Waals surface area contributed by atoms with Crippen molar-refractivity contribution in [3.8, 4) is 0 Å². The van der Waals surface area contributed by atoms with E-state index in [1.807, 2.05) is 27.7 Å². The molecule has 0 fully saturated rings. The third-order valence-electron chi connectivity index (χ3n) is 2.25. The lowest BCUT2D eigenvalue weighted by atomic mass is 10.2. The number of carbonyl (C=O) groups is 1. The number of nitrogens with zero attached hydrogens (tertiary/aromatic N) is 2. The molecule has 0 aliphatic carbocycles. The molecule has 0 saturated heterocycles. The molecule has 17 heavy (non-hydrogen) atoms. The van der Waals surface area contributed by atoms with E-state index in [-0.39, 0.29) is 23.8 Å². The van der Waals surface area contributed by atoms with E-state index in [0.717, 1.165) is 0 Å². The number of carbonyl (C=O) groups excluding carboxylic acids is 1. The van der Waals surface area contributed by atoms with Gasteiger partial charge in [-0.15, -0.1) is 5.10 Å². The molecule has 1 rings (SSSR count). The maximum Gasteiger partial charge on any atom is 0.291 e. The van der Waals surface area contributed by atoms with E-state index in [1.54, 1.807) is 0 Å². The number of H-pyrrole nitrogens is 1. The third-order valence-corrected chi connectivity index (χ3v) is 2.25. The summed E-state index contributed by atoms with van der Waals surface area (Å²) >= 11 is 0. The van der Waals surface area contributed by atoms with Crippen molar-refractivity contribution in [2.45, 2.75) is 39.7 Å². The van der Waals surface area contributed by atoms with Gasteiger partial charge in [-0.1, -0.05) is 13.8 Å². The van der Waals surface area contributed by atoms with Crippen LogP contribution in [0.5, 0.6) is 0 Å². The minimum Gasteiger partial charge on any atom is -0.377 e. The van der Waals surface area contributed by atoms with Crippen LogP contribution in [0, 0.1) is 0 Å². The van der Waals surface area contributed by atoms with E-state index in [4.69, 9.17) is 4.74 Å². The number of aromatic amines is 1. The first-order valence-corrected chi connectivity index (χ1v) is 5.86. The molecule has 1 atom stereocenters. The van der Waals surface area contributed by atoms with Gasteiger partial charge in [0.2, 0.25) is 5.82 Å². The molecule has 0 spiro atoms. The quantitative estimate of drug-likeness (QED) is 0.779. The van der Waals surface area contributed by atoms with Gasteiger partial charge in [0.05, 0.1) is 6.10 Å². The van der Waals surface area contributed by atoms with Crippen LogP contribution in [0.2, 0.25) is 0 Å². The highest BCUT2D eigenvalue weighted by atomic mass is 16.5. The monoisotopic (exact) mass is 240 g/mol. The predicted octanol–water partition coefficient (Wildman–Crippen LogP) is 1.08. The topological polar surface area (TPSA) is 79.9 Å². The van der Waals surface area contributed by atoms with Crippen molar-refractivity contribution in [3.05, 3.63) is 11.6 Å². The van der Waals surface area contributed by atoms with Crippen molar-refractivity contribution < 1.29 is 9.53 Å². The summed E-state index contributed by atoms with van der Waals surface area (Å²) in [4.78, 5) is 15.8. The molecule has 96 valence electrons. The van der Waals surface area contributed by atoms with Gasteiger partial charge in [0.1, 0.15) is 5.82 Å². The van der Waals surface area contributed by atoms with Crippen LogP contribution in [0.1, 0.15) is 50.1 Å². The zero-order valence-electron chi connectivity index (χ0n) is 10.8. The van der Waals surface area contributed by atoms with Crippen LogP contribution < -0.4 is 5.32 Å². The minimum absolute atomic E-state index is 0.00698. The Morgan fingerprint density at radius 3 is 2.71 bits per heavy atom. The van der Waals surface area contributed by atoms with Crippen molar-refractivity contribution >= 4 is 5.91 Å². The van der Waals surface area contributed by atoms with Crippen LogP contribution in [0.3, 0.4) is 0 Å². The number of amides is 1. The molecule has 0 aromatic carbocycles. The summed E-state index contributed by atoms with van der Waals surface area (Å²) in [6.45, 7) is 8.88. The molecule has 0 aliphatic heterocycles. The zero-order chi connectivity index (χ0) is 12.8. The molecule has 1 aromatic heterocycles. The third kappa shape index (κ3) is 4.14. The Morgan fingerprint density at radius 1 is 1.47 bits per heavy atom. The maximum absolute atomic E-state index is 11.7. The second kappa shape index (κ2) is 6.34. The molecule has 1 aromatic rings. The SMILES string of the molecule is CCOC(C)CNC(=O)c1n[nH]c(C(C)C)n1. The molecule has 6 nitrogen and oxygen atoms in total. The first kappa shape index (κ1) is 13.6. The van der Waals surface area contributed by atoms with E-state index < -0.39 is 0 Å². The van der Waals surface area contributed by atoms with Crippen molar-refractivity contribution in [1.82, 2.24) is 20.5 Å². The summed E-state index contributed by atoms with van der Waals surface area (Å²) < 4.78 is 5.31. The minimum atomic E-state index is -0.278. The highest BCUT2D eigenvalue weighted by Crippen LogP contribution is 2.07. The summed E-state index contributed by atoms with van der Waals surface area (Å²) in [5.74, 6) is 0.844. The normalized spacial score (nSPS) is 12.8. The fraction of sp³-hybridized carbons (Fsp3) is 0.727. The Bertz CT molecular complexity index is 362. The summed E-state index contributed by atoms with van der Waals surface area (Å²) in [5, 5.41) is 9.34. The number of nitrogens with one attached hydrogen (secondary N) is 2. The predicted molar refractivity (Wildman–Crippen MR) is 63.9 cm³/mol. The lowest BCUT2D eigenvalue weighted by Crippen LogP contribution is -2.32. The van der Waals surface area contributed by atoms with Gasteiger partial charge in [0, 0.05) is 19.1 Å². The first-order chi connectivity index (χ1) is 8.04. The smallest absolute Gasteiger partial charge is 0.291 e. The second-order valence-corrected chi connectivity index (χ2v) is 4.17. The van der Waals surface area contributed by atoms with Crippen molar-refractivity contribution in [2.24, 2.45) is 0 Å². The van der Waals surface area contributed by atoms with Crippen LogP contribution in [0.15, 0.2) is 0 Å². The number of rotatable bonds is 6. The van der Waals surface area contributed by atoms with Gasteiger partial charge in [0.15, 0.2) is 0 Å². The highest BCUT2D eigenvalue weighted by molar-refractivity contribution is 5.90. The molecule has 0 saturated carbocycles. The van der Waals surface area contributed by atoms with Gasteiger partial charge >= 0.3 is 0 Å². The number of hydrogen-bond donors (Lipinski definition) is 2. The summed E-state index contributed by atoms with van der Waals surface area (Å²) in [6.07, 6.45) is -0.00698. The average molecular weight is 240 g/mol. The van der Waals surface area contributed by atoms with Crippen LogP contribution in [0.4, 0.5) is 0 Å². The molecular formula is C11H20N4O2. The molecule has 0 radical (unpaired) electrons. The number of ether oxygens (including phenoxy) is 1. The van der Waals surface area contributed by atoms with Crippen LogP contribution in [-0.4, -0.2) is 40.3 Å². The molecule has 1 heterocycles. The zero-order valence-corrected chi connectivity index (χ0v) is 10.8. The van der Waals surface area contributed by atoms with Crippen molar-refractivity contribution in [2.75, 3.05) is 13.2 Å². The van der Waals surface area contributed by atoms with Crippen molar-refractivity contribution in [1.29, 1.82) is 0 Å². The molecule has 1 amide bonds. The Labute approximate surface area is 101 Å². The summed E-state index contributed by atoms with van der Waals surface area (Å²) in [6, 6.07) is 0. The van der Waals surface area contributed by atoms with E-state index in [1.165, 1.54) is 0 Å². The molecular weight excluding hydrogens is 220 g/mol. The summed E-state index contributed by atoms with van der Waals surface area (Å²) in [7, 11) is 0. The molecule has 1 unspecified atom stereocenters. The lowest BCUT2D eigenvalue weighted by molar-refractivity contribution is 0.0691. The van der Waals surface area contributed by atoms with E-state index in [9.17, 15) is 4.79 Å². The van der Waals surface area contributed by atoms with Crippen LogP contribution in [-0.2, 0) is 4.74 Å². The van der Waals surface area contributed by atoms with Gasteiger partial charge in [-0.05, 0) is 13.8 Å². The lowest BCUT2D eigenvalue weighted by Gasteiger charge is -2.11. The largest absolute Gasteiger partial charge is 0.377 e. The van der Waals surface area contributed by atoms with Gasteiger partial charge in [0.25, 0.3) is 5.91 Å². The highest BCUT2D eigenvalue weighted by Gasteiger charge is 2.14. The molecule has 0 aliphatic rings. The molecule has 0 bridgehead atoms. The average Bonchev–Trinajstić information content (AvgIpc) is 2.75. The van der Waals surface area contributed by atoms with Crippen LogP contribution in [0.25, 0.3) is 0 Å². The van der Waals surface area contributed by atoms with Crippen molar-refractivity contribution in [3.63, 3.8) is 0 Å². The van der Waals surface area contributed by atoms with E-state index in [2.05, 4.69) is 20.5 Å². The Hall–Kier alpha value is -1.43. The molecule has 6 heteroatoms. The fourth-order valence-corrected chi connectivity index (χ4v) is 1.29. The van der Waals surface area contributed by atoms with Crippen LogP contribution >= 0.6 is 0 Å². The molecule has 2 N–H and O–H groups in total. The Morgan fingerprint density at radius 2 is 2.18 bits per heavy atom.